The number of nitrogens with zero attached hydrogens (tertiary/aromatic N) is 3. The second kappa shape index (κ2) is 6.46. The molecule has 6 nitrogen and oxygen atoms in total. The summed E-state index contributed by atoms with van der Waals surface area (Å²) in [5.74, 6) is 1.76. The molecule has 22 heavy (non-hydrogen) atoms. The van der Waals surface area contributed by atoms with Crippen molar-refractivity contribution < 1.29 is 9.84 Å². The van der Waals surface area contributed by atoms with E-state index in [1.807, 2.05) is 29.8 Å². The van der Waals surface area contributed by atoms with Gasteiger partial charge < -0.3 is 15.2 Å². The van der Waals surface area contributed by atoms with Crippen LogP contribution in [0.25, 0.3) is 0 Å². The summed E-state index contributed by atoms with van der Waals surface area (Å²) in [5, 5.41) is 18.1. The summed E-state index contributed by atoms with van der Waals surface area (Å²) in [6.45, 7) is 3.30. The Kier molecular flexibility index (Phi) is 4.40. The Balaban J connectivity index is 1.61. The lowest BCUT2D eigenvalue weighted by atomic mass is 10.0. The van der Waals surface area contributed by atoms with E-state index in [9.17, 15) is 5.11 Å². The number of methoxy groups -OCH3 is 1. The maximum Gasteiger partial charge on any atom is 0.138 e. The van der Waals surface area contributed by atoms with Crippen LogP contribution in [0.15, 0.2) is 24.5 Å². The Bertz CT molecular complexity index is 641. The monoisotopic (exact) mass is 302 g/mol. The molecular weight excluding hydrogens is 280 g/mol. The van der Waals surface area contributed by atoms with Crippen molar-refractivity contribution in [3.63, 3.8) is 0 Å². The van der Waals surface area contributed by atoms with E-state index in [4.69, 9.17) is 4.74 Å². The molecule has 1 aliphatic rings. The first-order chi connectivity index (χ1) is 10.7. The summed E-state index contributed by atoms with van der Waals surface area (Å²) in [6.07, 6.45) is 2.94. The van der Waals surface area contributed by atoms with E-state index in [0.29, 0.717) is 12.6 Å². The largest absolute Gasteiger partial charge is 0.496 e. The molecule has 2 N–H and O–H groups in total. The predicted octanol–water partition coefficient (Wildman–Crippen LogP) is 1.23. The second-order valence-corrected chi connectivity index (χ2v) is 5.76. The van der Waals surface area contributed by atoms with E-state index in [1.165, 1.54) is 0 Å². The topological polar surface area (TPSA) is 72.2 Å². The van der Waals surface area contributed by atoms with Crippen LogP contribution in [-0.2, 0) is 13.0 Å². The van der Waals surface area contributed by atoms with E-state index in [0.717, 1.165) is 42.1 Å². The first kappa shape index (κ1) is 15.0. The Hall–Kier alpha value is -1.92. The lowest BCUT2D eigenvalue weighted by Crippen LogP contribution is -2.39. The molecule has 1 aliphatic heterocycles. The van der Waals surface area contributed by atoms with Gasteiger partial charge in [0, 0.05) is 24.6 Å². The number of hydrogen-bond donors (Lipinski definition) is 2. The van der Waals surface area contributed by atoms with Crippen molar-refractivity contribution in [2.24, 2.45) is 0 Å². The summed E-state index contributed by atoms with van der Waals surface area (Å²) in [4.78, 5) is 4.22. The first-order valence-corrected chi connectivity index (χ1v) is 7.60. The molecule has 6 heteroatoms. The molecule has 0 unspecified atom stereocenters. The normalized spacial score (nSPS) is 18.8. The molecule has 0 bridgehead atoms. The molecule has 0 amide bonds. The zero-order valence-corrected chi connectivity index (χ0v) is 13.0. The van der Waals surface area contributed by atoms with E-state index < -0.39 is 6.10 Å². The van der Waals surface area contributed by atoms with Gasteiger partial charge in [-0.05, 0) is 25.5 Å². The number of fused-ring (bicyclic) bond motifs is 1. The maximum absolute atomic E-state index is 10.5. The van der Waals surface area contributed by atoms with Crippen molar-refractivity contribution >= 4 is 0 Å². The Labute approximate surface area is 130 Å². The highest BCUT2D eigenvalue weighted by Gasteiger charge is 2.21. The molecule has 1 aromatic heterocycles. The van der Waals surface area contributed by atoms with Crippen molar-refractivity contribution in [1.29, 1.82) is 0 Å². The number of aliphatic hydroxyl groups excluding tert-OH is 1. The minimum atomic E-state index is -0.591. The van der Waals surface area contributed by atoms with E-state index in [1.54, 1.807) is 13.4 Å². The quantitative estimate of drug-likeness (QED) is 0.869. The third-order valence-electron chi connectivity index (χ3n) is 4.15. The second-order valence-electron chi connectivity index (χ2n) is 5.76. The van der Waals surface area contributed by atoms with Crippen LogP contribution in [0, 0.1) is 6.92 Å². The molecule has 2 atom stereocenters. The average molecular weight is 302 g/mol. The molecule has 0 spiro atoms. The Morgan fingerprint density at radius 2 is 2.36 bits per heavy atom. The highest BCUT2D eigenvalue weighted by Crippen LogP contribution is 2.26. The fraction of sp³-hybridized carbons (Fsp3) is 0.500. The van der Waals surface area contributed by atoms with Crippen molar-refractivity contribution in [2.75, 3.05) is 13.7 Å². The van der Waals surface area contributed by atoms with E-state index >= 15 is 0 Å². The van der Waals surface area contributed by atoms with Gasteiger partial charge in [-0.25, -0.2) is 9.67 Å². The number of ether oxygens (including phenoxy) is 1. The predicted molar refractivity (Wildman–Crippen MR) is 82.8 cm³/mol. The van der Waals surface area contributed by atoms with Crippen LogP contribution in [0.2, 0.25) is 0 Å². The van der Waals surface area contributed by atoms with Gasteiger partial charge >= 0.3 is 0 Å². The summed E-state index contributed by atoms with van der Waals surface area (Å²) >= 11 is 0. The number of aryl methyl sites for hydroxylation is 2. The van der Waals surface area contributed by atoms with Gasteiger partial charge in [-0.15, -0.1) is 0 Å². The first-order valence-electron chi connectivity index (χ1n) is 7.60. The van der Waals surface area contributed by atoms with Crippen molar-refractivity contribution in [1.82, 2.24) is 20.1 Å². The number of nitrogens with one attached hydrogen (secondary N) is 1. The lowest BCUT2D eigenvalue weighted by molar-refractivity contribution is 0.161. The van der Waals surface area contributed by atoms with Crippen molar-refractivity contribution in [3.05, 3.63) is 41.5 Å². The van der Waals surface area contributed by atoms with Crippen LogP contribution in [-0.4, -0.2) is 39.6 Å². The van der Waals surface area contributed by atoms with Crippen LogP contribution in [0.3, 0.4) is 0 Å². The molecule has 118 valence electrons. The number of hydrogen-bond acceptors (Lipinski definition) is 5. The summed E-state index contributed by atoms with van der Waals surface area (Å²) in [6, 6.07) is 6.16. The minimum Gasteiger partial charge on any atom is -0.496 e. The van der Waals surface area contributed by atoms with Gasteiger partial charge in [0.15, 0.2) is 0 Å². The highest BCUT2D eigenvalue weighted by molar-refractivity contribution is 5.38. The van der Waals surface area contributed by atoms with Gasteiger partial charge in [0.25, 0.3) is 0 Å². The van der Waals surface area contributed by atoms with Crippen molar-refractivity contribution in [2.45, 2.75) is 38.5 Å². The third-order valence-corrected chi connectivity index (χ3v) is 4.15. The fourth-order valence-electron chi connectivity index (χ4n) is 2.91. The van der Waals surface area contributed by atoms with Gasteiger partial charge in [0.1, 0.15) is 17.9 Å². The molecule has 0 saturated heterocycles. The summed E-state index contributed by atoms with van der Waals surface area (Å²) in [5.41, 5.74) is 1.94. The fourth-order valence-corrected chi connectivity index (χ4v) is 2.91. The molecule has 0 fully saturated rings. The molecule has 1 aromatic carbocycles. The highest BCUT2D eigenvalue weighted by atomic mass is 16.5. The molecule has 0 aliphatic carbocycles. The molecular formula is C16H22N4O2. The average Bonchev–Trinajstić information content (AvgIpc) is 3.00. The maximum atomic E-state index is 10.5. The zero-order valence-electron chi connectivity index (χ0n) is 13.0. The van der Waals surface area contributed by atoms with Crippen LogP contribution in [0.5, 0.6) is 5.75 Å². The summed E-state index contributed by atoms with van der Waals surface area (Å²) in [7, 11) is 1.63. The molecule has 2 aromatic rings. The number of benzene rings is 1. The van der Waals surface area contributed by atoms with Crippen LogP contribution < -0.4 is 10.1 Å². The van der Waals surface area contributed by atoms with Gasteiger partial charge in [-0.3, -0.25) is 0 Å². The SMILES string of the molecule is COc1ccc(C)cc1[C@H](O)CN[C@@H]1CCc2ncnn2C1. The smallest absolute Gasteiger partial charge is 0.138 e. The molecule has 0 saturated carbocycles. The van der Waals surface area contributed by atoms with Gasteiger partial charge in [0.2, 0.25) is 0 Å². The van der Waals surface area contributed by atoms with Gasteiger partial charge in [-0.2, -0.15) is 5.10 Å². The van der Waals surface area contributed by atoms with E-state index in [2.05, 4.69) is 15.4 Å². The molecule has 2 heterocycles. The number of aliphatic hydroxyl groups is 1. The lowest BCUT2D eigenvalue weighted by Gasteiger charge is -2.25. The zero-order chi connectivity index (χ0) is 15.5. The van der Waals surface area contributed by atoms with Crippen LogP contribution in [0.1, 0.15) is 29.5 Å². The number of aromatic nitrogens is 3. The summed E-state index contributed by atoms with van der Waals surface area (Å²) < 4.78 is 7.27. The van der Waals surface area contributed by atoms with Crippen LogP contribution >= 0.6 is 0 Å². The molecule has 0 radical (unpaired) electrons. The third kappa shape index (κ3) is 3.13. The molecule has 3 rings (SSSR count). The van der Waals surface area contributed by atoms with Crippen molar-refractivity contribution in [3.8, 4) is 5.75 Å². The Morgan fingerprint density at radius 1 is 1.50 bits per heavy atom. The number of rotatable bonds is 5. The minimum absolute atomic E-state index is 0.305. The Morgan fingerprint density at radius 3 is 3.18 bits per heavy atom. The standard InChI is InChI=1S/C16H22N4O2/c1-11-3-5-15(22-2)13(7-11)14(21)8-17-12-4-6-16-18-10-19-20(16)9-12/h3,5,7,10,12,14,17,21H,4,6,8-9H2,1-2H3/t12-,14-/m1/s1. The van der Waals surface area contributed by atoms with E-state index in [-0.39, 0.29) is 0 Å². The van der Waals surface area contributed by atoms with Crippen LogP contribution in [0.4, 0.5) is 0 Å². The van der Waals surface area contributed by atoms with Gasteiger partial charge in [-0.1, -0.05) is 11.6 Å². The van der Waals surface area contributed by atoms with Gasteiger partial charge in [0.05, 0.1) is 19.8 Å².